The van der Waals surface area contributed by atoms with Gasteiger partial charge in [0.25, 0.3) is 0 Å². The van der Waals surface area contributed by atoms with Gasteiger partial charge in [0.2, 0.25) is 0 Å². The third-order valence-electron chi connectivity index (χ3n) is 3.20. The average molecular weight is 280 g/mol. The Hall–Kier alpha value is -2.21. The van der Waals surface area contributed by atoms with E-state index >= 15 is 0 Å². The molecule has 1 aromatic carbocycles. The molecule has 6 nitrogen and oxygen atoms in total. The minimum absolute atomic E-state index is 0.229. The highest BCUT2D eigenvalue weighted by molar-refractivity contribution is 5.86. The fourth-order valence-electron chi connectivity index (χ4n) is 2.09. The van der Waals surface area contributed by atoms with Crippen LogP contribution in [0.25, 0.3) is 6.08 Å². The minimum atomic E-state index is -1.14. The molecule has 108 valence electrons. The number of hydrogen-bond donors (Lipinski definition) is 4. The van der Waals surface area contributed by atoms with Gasteiger partial charge in [-0.1, -0.05) is 0 Å². The molecular formula is C14H16O6. The zero-order valence-corrected chi connectivity index (χ0v) is 11.1. The summed E-state index contributed by atoms with van der Waals surface area (Å²) in [4.78, 5) is 10.6. The first-order chi connectivity index (χ1) is 9.20. The van der Waals surface area contributed by atoms with Gasteiger partial charge in [-0.2, -0.15) is 0 Å². The van der Waals surface area contributed by atoms with Gasteiger partial charge in [-0.25, -0.2) is 4.79 Å². The van der Waals surface area contributed by atoms with E-state index in [2.05, 4.69) is 0 Å². The molecule has 0 amide bonds. The summed E-state index contributed by atoms with van der Waals surface area (Å²) in [5.41, 5.74) is -0.430. The Morgan fingerprint density at radius 2 is 2.10 bits per heavy atom. The van der Waals surface area contributed by atoms with Crippen LogP contribution in [-0.2, 0) is 11.2 Å². The summed E-state index contributed by atoms with van der Waals surface area (Å²) in [6.45, 7) is 3.15. The maximum atomic E-state index is 10.6. The Morgan fingerprint density at radius 1 is 1.45 bits per heavy atom. The van der Waals surface area contributed by atoms with Crippen LogP contribution in [0, 0.1) is 0 Å². The molecule has 2 rings (SSSR count). The number of hydrogen-bond acceptors (Lipinski definition) is 5. The predicted molar refractivity (Wildman–Crippen MR) is 70.9 cm³/mol. The summed E-state index contributed by atoms with van der Waals surface area (Å²) < 4.78 is 5.61. The SMILES string of the molecule is CC(C)(O)C1Cc2c(O)c(O)cc(C=CC(=O)O)c2O1. The van der Waals surface area contributed by atoms with Gasteiger partial charge in [0.05, 0.1) is 5.60 Å². The number of fused-ring (bicyclic) bond motifs is 1. The number of aliphatic hydroxyl groups is 1. The third kappa shape index (κ3) is 2.55. The number of carboxylic acid groups (broad SMARTS) is 1. The first-order valence-electron chi connectivity index (χ1n) is 6.08. The Balaban J connectivity index is 2.48. The van der Waals surface area contributed by atoms with E-state index in [0.29, 0.717) is 11.1 Å². The molecule has 1 atom stereocenters. The third-order valence-corrected chi connectivity index (χ3v) is 3.20. The molecule has 0 saturated heterocycles. The van der Waals surface area contributed by atoms with E-state index in [-0.39, 0.29) is 23.7 Å². The fraction of sp³-hybridized carbons (Fsp3) is 0.357. The molecule has 4 N–H and O–H groups in total. The molecule has 0 bridgehead atoms. The zero-order chi connectivity index (χ0) is 15.1. The van der Waals surface area contributed by atoms with Crippen LogP contribution in [0.5, 0.6) is 17.2 Å². The predicted octanol–water partition coefficient (Wildman–Crippen LogP) is 1.27. The fourth-order valence-corrected chi connectivity index (χ4v) is 2.09. The lowest BCUT2D eigenvalue weighted by molar-refractivity contribution is -0.131. The molecule has 0 saturated carbocycles. The second-order valence-electron chi connectivity index (χ2n) is 5.28. The van der Waals surface area contributed by atoms with Gasteiger partial charge < -0.3 is 25.2 Å². The van der Waals surface area contributed by atoms with E-state index < -0.39 is 17.7 Å². The normalized spacial score (nSPS) is 18.1. The van der Waals surface area contributed by atoms with Crippen LogP contribution in [0.4, 0.5) is 0 Å². The summed E-state index contributed by atoms with van der Waals surface area (Å²) >= 11 is 0. The van der Waals surface area contributed by atoms with Crippen molar-refractivity contribution in [3.63, 3.8) is 0 Å². The molecule has 20 heavy (non-hydrogen) atoms. The van der Waals surface area contributed by atoms with Crippen molar-refractivity contribution in [2.45, 2.75) is 32.0 Å². The number of aliphatic carboxylic acids is 1. The molecule has 0 aromatic heterocycles. The molecule has 0 radical (unpaired) electrons. The van der Waals surface area contributed by atoms with E-state index in [4.69, 9.17) is 9.84 Å². The number of aromatic hydroxyl groups is 2. The van der Waals surface area contributed by atoms with Gasteiger partial charge in [-0.15, -0.1) is 0 Å². The summed E-state index contributed by atoms with van der Waals surface area (Å²) in [5, 5.41) is 38.1. The number of ether oxygens (including phenoxy) is 1. The molecule has 0 aliphatic carbocycles. The first kappa shape index (κ1) is 14.2. The Kier molecular flexibility index (Phi) is 3.35. The monoisotopic (exact) mass is 280 g/mol. The number of phenolic OH excluding ortho intramolecular Hbond substituents is 2. The molecule has 6 heteroatoms. The van der Waals surface area contributed by atoms with Gasteiger partial charge >= 0.3 is 5.97 Å². The Morgan fingerprint density at radius 3 is 2.65 bits per heavy atom. The van der Waals surface area contributed by atoms with Crippen molar-refractivity contribution in [2.24, 2.45) is 0 Å². The summed E-state index contributed by atoms with van der Waals surface area (Å²) in [7, 11) is 0. The van der Waals surface area contributed by atoms with Gasteiger partial charge in [-0.3, -0.25) is 0 Å². The van der Waals surface area contributed by atoms with Crippen LogP contribution in [0.1, 0.15) is 25.0 Å². The first-order valence-corrected chi connectivity index (χ1v) is 6.08. The van der Waals surface area contributed by atoms with Gasteiger partial charge in [0.15, 0.2) is 11.5 Å². The largest absolute Gasteiger partial charge is 0.504 e. The summed E-state index contributed by atoms with van der Waals surface area (Å²) in [5.74, 6) is -1.51. The molecule has 1 heterocycles. The van der Waals surface area contributed by atoms with Crippen molar-refractivity contribution in [2.75, 3.05) is 0 Å². The van der Waals surface area contributed by atoms with Crippen molar-refractivity contribution in [3.05, 3.63) is 23.3 Å². The van der Waals surface area contributed by atoms with E-state index in [1.807, 2.05) is 0 Å². The quantitative estimate of drug-likeness (QED) is 0.490. The van der Waals surface area contributed by atoms with Crippen LogP contribution in [0.15, 0.2) is 12.1 Å². The lowest BCUT2D eigenvalue weighted by atomic mass is 9.96. The number of carbonyl (C=O) groups is 1. The lowest BCUT2D eigenvalue weighted by Gasteiger charge is -2.24. The Bertz CT molecular complexity index is 582. The van der Waals surface area contributed by atoms with Crippen LogP contribution in [0.2, 0.25) is 0 Å². The number of phenols is 2. The van der Waals surface area contributed by atoms with Crippen LogP contribution in [0.3, 0.4) is 0 Å². The molecule has 1 aromatic rings. The second kappa shape index (κ2) is 4.72. The van der Waals surface area contributed by atoms with Gasteiger partial charge in [0.1, 0.15) is 11.9 Å². The maximum absolute atomic E-state index is 10.6. The van der Waals surface area contributed by atoms with Crippen molar-refractivity contribution in [1.29, 1.82) is 0 Å². The van der Waals surface area contributed by atoms with E-state index in [9.17, 15) is 20.1 Å². The average Bonchev–Trinajstić information content (AvgIpc) is 2.77. The van der Waals surface area contributed by atoms with Crippen molar-refractivity contribution < 1.29 is 30.0 Å². The maximum Gasteiger partial charge on any atom is 0.328 e. The number of carboxylic acids is 1. The number of rotatable bonds is 3. The van der Waals surface area contributed by atoms with Crippen molar-refractivity contribution >= 4 is 12.0 Å². The van der Waals surface area contributed by atoms with Crippen LogP contribution < -0.4 is 4.74 Å². The van der Waals surface area contributed by atoms with Crippen LogP contribution in [-0.4, -0.2) is 38.1 Å². The van der Waals surface area contributed by atoms with Crippen LogP contribution >= 0.6 is 0 Å². The van der Waals surface area contributed by atoms with E-state index in [1.165, 1.54) is 12.1 Å². The highest BCUT2D eigenvalue weighted by atomic mass is 16.5. The highest BCUT2D eigenvalue weighted by Crippen LogP contribution is 2.45. The molecular weight excluding hydrogens is 264 g/mol. The molecule has 1 aliphatic rings. The topological polar surface area (TPSA) is 107 Å². The molecule has 0 spiro atoms. The lowest BCUT2D eigenvalue weighted by Crippen LogP contribution is -2.39. The molecule has 0 fully saturated rings. The van der Waals surface area contributed by atoms with E-state index in [0.717, 1.165) is 6.08 Å². The summed E-state index contributed by atoms with van der Waals surface area (Å²) in [6.07, 6.45) is 1.83. The van der Waals surface area contributed by atoms with E-state index in [1.54, 1.807) is 13.8 Å². The second-order valence-corrected chi connectivity index (χ2v) is 5.28. The highest BCUT2D eigenvalue weighted by Gasteiger charge is 2.38. The van der Waals surface area contributed by atoms with Crippen molar-refractivity contribution in [1.82, 2.24) is 0 Å². The minimum Gasteiger partial charge on any atom is -0.504 e. The Labute approximate surface area is 115 Å². The molecule has 1 unspecified atom stereocenters. The van der Waals surface area contributed by atoms with Crippen molar-refractivity contribution in [3.8, 4) is 17.2 Å². The summed E-state index contributed by atoms with van der Waals surface area (Å²) in [6, 6.07) is 1.22. The standard InChI is InChI=1S/C14H16O6/c1-14(2,19)10-6-8-12(18)9(15)5-7(13(8)20-10)3-4-11(16)17/h3-5,10,15,18-19H,6H2,1-2H3,(H,16,17). The number of benzene rings is 1. The molecule has 1 aliphatic heterocycles. The smallest absolute Gasteiger partial charge is 0.328 e. The van der Waals surface area contributed by atoms with Gasteiger partial charge in [-0.05, 0) is 26.0 Å². The van der Waals surface area contributed by atoms with Gasteiger partial charge in [0, 0.05) is 23.6 Å². The zero-order valence-electron chi connectivity index (χ0n) is 11.1.